The van der Waals surface area contributed by atoms with Crippen molar-refractivity contribution in [1.82, 2.24) is 45.8 Å². The van der Waals surface area contributed by atoms with Crippen molar-refractivity contribution in [3.63, 3.8) is 0 Å². The number of ether oxygens (including phenoxy) is 4. The number of pyridine rings is 1. The lowest BCUT2D eigenvalue weighted by molar-refractivity contribution is -0.147. The van der Waals surface area contributed by atoms with Crippen molar-refractivity contribution >= 4 is 35.4 Å². The van der Waals surface area contributed by atoms with Crippen LogP contribution in [0.1, 0.15) is 116 Å². The molecule has 3 aliphatic rings. The van der Waals surface area contributed by atoms with Crippen LogP contribution in [0.3, 0.4) is 0 Å². The molecule has 6 N–H and O–H groups in total. The number of halogens is 1. The molecule has 8 rings (SSSR count). The lowest BCUT2D eigenvalue weighted by Gasteiger charge is -2.41. The third-order valence-corrected chi connectivity index (χ3v) is 14.8. The summed E-state index contributed by atoms with van der Waals surface area (Å²) in [5, 5.41) is 27.2. The van der Waals surface area contributed by atoms with Crippen LogP contribution in [0.25, 0.3) is 11.1 Å². The fourth-order valence-corrected chi connectivity index (χ4v) is 10.3. The summed E-state index contributed by atoms with van der Waals surface area (Å²) in [5.41, 5.74) is 11.6. The molecule has 0 spiro atoms. The molecule has 0 fully saturated rings. The smallest absolute Gasteiger partial charge is 0.254 e. The highest BCUT2D eigenvalue weighted by atomic mass is 19.1. The largest absolute Gasteiger partial charge is 0.491 e. The van der Waals surface area contributed by atoms with Gasteiger partial charge in [-0.25, -0.2) is 9.37 Å². The molecule has 5 atom stereocenters. The minimum Gasteiger partial charge on any atom is -0.491 e. The molecular weight excluding hydrogens is 1030 g/mol. The Morgan fingerprint density at radius 3 is 2.49 bits per heavy atom. The summed E-state index contributed by atoms with van der Waals surface area (Å²) in [4.78, 5) is 76.3. The predicted molar refractivity (Wildman–Crippen MR) is 295 cm³/mol. The Kier molecular flexibility index (Phi) is 18.9. The van der Waals surface area contributed by atoms with E-state index in [0.29, 0.717) is 28.1 Å². The summed E-state index contributed by atoms with van der Waals surface area (Å²) >= 11 is 0. The second kappa shape index (κ2) is 25.9. The molecule has 5 aromatic rings. The maximum Gasteiger partial charge on any atom is 0.254 e. The normalized spacial score (nSPS) is 17.6. The molecule has 2 aromatic heterocycles. The molecule has 80 heavy (non-hydrogen) atoms. The zero-order valence-corrected chi connectivity index (χ0v) is 46.5. The van der Waals surface area contributed by atoms with Crippen molar-refractivity contribution in [2.45, 2.75) is 117 Å². The van der Waals surface area contributed by atoms with Gasteiger partial charge >= 0.3 is 0 Å². The van der Waals surface area contributed by atoms with Crippen LogP contribution in [0.5, 0.6) is 11.5 Å². The number of aromatic nitrogens is 3. The van der Waals surface area contributed by atoms with Crippen LogP contribution in [0.2, 0.25) is 0 Å². The molecule has 1 aliphatic carbocycles. The molecule has 0 saturated carbocycles. The van der Waals surface area contributed by atoms with Gasteiger partial charge in [0.15, 0.2) is 11.6 Å². The van der Waals surface area contributed by atoms with Gasteiger partial charge in [0, 0.05) is 61.4 Å². The van der Waals surface area contributed by atoms with E-state index in [2.05, 4.69) is 44.5 Å². The summed E-state index contributed by atoms with van der Waals surface area (Å²) < 4.78 is 39.5. The summed E-state index contributed by atoms with van der Waals surface area (Å²) in [7, 11) is 3.27. The van der Waals surface area contributed by atoms with Crippen molar-refractivity contribution in [3.05, 3.63) is 124 Å². The average molecular weight is 1100 g/mol. The third kappa shape index (κ3) is 13.7. The van der Waals surface area contributed by atoms with Crippen LogP contribution < -0.4 is 36.5 Å². The molecule has 20 nitrogen and oxygen atoms in total. The first-order valence-corrected chi connectivity index (χ1v) is 27.1. The molecule has 2 aliphatic heterocycles. The summed E-state index contributed by atoms with van der Waals surface area (Å²) in [5.74, 6) is -1.27. The molecular formula is C59H72FN11O9. The Hall–Kier alpha value is -7.93. The highest BCUT2D eigenvalue weighted by Gasteiger charge is 2.43. The summed E-state index contributed by atoms with van der Waals surface area (Å²) in [6, 6.07) is 19.1. The van der Waals surface area contributed by atoms with Gasteiger partial charge in [-0.05, 0) is 104 Å². The van der Waals surface area contributed by atoms with E-state index in [1.54, 1.807) is 38.9 Å². The van der Waals surface area contributed by atoms with Gasteiger partial charge in [-0.3, -0.25) is 28.7 Å². The van der Waals surface area contributed by atoms with Crippen molar-refractivity contribution in [2.24, 2.45) is 5.41 Å². The minimum atomic E-state index is -0.910. The fourth-order valence-electron chi connectivity index (χ4n) is 10.3. The fraction of sp³-hybridized carbons (Fsp3) is 0.458. The minimum absolute atomic E-state index is 0.00132. The number of amides is 5. The van der Waals surface area contributed by atoms with E-state index in [4.69, 9.17) is 29.8 Å². The second-order valence-corrected chi connectivity index (χ2v) is 21.5. The lowest BCUT2D eigenvalue weighted by Crippen LogP contribution is -2.62. The van der Waals surface area contributed by atoms with Crippen LogP contribution >= 0.6 is 0 Å². The number of carbonyl (C=O) groups excluding carboxylic acids is 5. The molecule has 3 aromatic carbocycles. The number of benzene rings is 3. The number of nitrogen functional groups attached to an aromatic ring is 1. The van der Waals surface area contributed by atoms with Crippen LogP contribution in [0, 0.1) is 22.6 Å². The van der Waals surface area contributed by atoms with E-state index in [9.17, 15) is 33.6 Å². The number of nitrogens with one attached hydrogen (secondary N) is 4. The summed E-state index contributed by atoms with van der Waals surface area (Å²) in [6.45, 7) is 10.6. The standard InChI is InChI=1S/C59H72FN11O9/c1-35(63-6)55(73)67-53(59(3,4)5)58(76)70-33-40-27-42(17-15-38(40)28-48(70)56(74)66-46-14-10-12-37-11-8-9-13-43(37)46)79-26-25-78-24-23-77-22-19-51(72)64-20-21-71-49(31-61)52-39-29-50(54(62)65-32-39)80-36(2)45-30-41(60)16-18-44(45)57(75)69(7)34-47(52)68-71/h8-9,11,13,15-18,27,29-30,32,35-36,46,48,53,63H,10,12,14,19-26,28,33-34H2,1-7H3,(H2,62,65)(H,64,72)(H,66,74)(H,67,73)/t35-,36-,46+,48-,53+/m1/s1. The molecule has 0 unspecified atom stereocenters. The van der Waals surface area contributed by atoms with Crippen molar-refractivity contribution in [1.29, 1.82) is 5.26 Å². The Morgan fingerprint density at radius 1 is 0.963 bits per heavy atom. The van der Waals surface area contributed by atoms with Gasteiger partial charge in [0.25, 0.3) is 5.91 Å². The van der Waals surface area contributed by atoms with Gasteiger partial charge in [0.1, 0.15) is 48.1 Å². The molecule has 4 heterocycles. The SMILES string of the molecule is CN[C@H](C)C(=O)N[C@@H](C(=O)N1Cc2cc(OCCOCCOCCC(=O)NCCn3nc4c(c3C#N)-c3cnc(N)c(c3)O[C@H](C)c3cc(F)ccc3C(=O)N(C)C4)ccc2C[C@@H]1C(=O)N[C@H]1CCCc2ccccc21)C(C)(C)C. The maximum atomic E-state index is 14.7. The van der Waals surface area contributed by atoms with Crippen LogP contribution in [-0.2, 0) is 61.1 Å². The Morgan fingerprint density at radius 2 is 1.73 bits per heavy atom. The predicted octanol–water partition coefficient (Wildman–Crippen LogP) is 5.47. The molecule has 21 heteroatoms. The Labute approximate surface area is 465 Å². The van der Waals surface area contributed by atoms with E-state index in [1.165, 1.54) is 39.5 Å². The number of carbonyl (C=O) groups is 5. The van der Waals surface area contributed by atoms with E-state index in [0.717, 1.165) is 36.0 Å². The first-order valence-electron chi connectivity index (χ1n) is 27.1. The number of nitriles is 1. The molecule has 5 amide bonds. The molecule has 0 radical (unpaired) electrons. The van der Waals surface area contributed by atoms with Gasteiger partial charge in [-0.1, -0.05) is 51.1 Å². The molecule has 0 saturated heterocycles. The number of anilines is 1. The maximum absolute atomic E-state index is 14.7. The first-order chi connectivity index (χ1) is 38.3. The van der Waals surface area contributed by atoms with Crippen molar-refractivity contribution < 1.29 is 47.3 Å². The third-order valence-electron chi connectivity index (χ3n) is 14.8. The number of nitrogens with two attached hydrogens (primary N) is 1. The van der Waals surface area contributed by atoms with E-state index >= 15 is 0 Å². The number of rotatable bonds is 19. The topological polar surface area (TPSA) is 257 Å². The van der Waals surface area contributed by atoms with Crippen LogP contribution in [0.4, 0.5) is 10.2 Å². The quantitative estimate of drug-likeness (QED) is 0.0644. The first kappa shape index (κ1) is 58.2. The lowest BCUT2D eigenvalue weighted by atomic mass is 9.83. The van der Waals surface area contributed by atoms with E-state index < -0.39 is 41.4 Å². The number of likely N-dealkylation sites (N-methyl/N-ethyl adjacent to an activating group) is 1. The molecule has 424 valence electrons. The average Bonchev–Trinajstić information content (AvgIpc) is 3.79. The second-order valence-electron chi connectivity index (χ2n) is 21.5. The van der Waals surface area contributed by atoms with Gasteiger partial charge in [0.05, 0.1) is 57.3 Å². The van der Waals surface area contributed by atoms with E-state index in [1.807, 2.05) is 51.1 Å². The number of fused-ring (bicyclic) bond motifs is 7. The zero-order chi connectivity index (χ0) is 57.3. The highest BCUT2D eigenvalue weighted by Crippen LogP contribution is 2.37. The number of hydrogen-bond donors (Lipinski definition) is 5. The van der Waals surface area contributed by atoms with Gasteiger partial charge in [-0.15, -0.1) is 0 Å². The van der Waals surface area contributed by atoms with E-state index in [-0.39, 0.29) is 125 Å². The van der Waals surface area contributed by atoms with Crippen molar-refractivity contribution in [2.75, 3.05) is 59.4 Å². The number of aryl methyl sites for hydroxylation is 1. The Bertz CT molecular complexity index is 3130. The van der Waals surface area contributed by atoms with Gasteiger partial charge < -0.3 is 55.7 Å². The van der Waals surface area contributed by atoms with Crippen LogP contribution in [0.15, 0.2) is 72.9 Å². The zero-order valence-electron chi connectivity index (χ0n) is 46.5. The van der Waals surface area contributed by atoms with Crippen LogP contribution in [-0.4, -0.2) is 126 Å². The van der Waals surface area contributed by atoms with Gasteiger partial charge in [-0.2, -0.15) is 10.4 Å². The number of nitrogens with zero attached hydrogens (tertiary/aromatic N) is 6. The highest BCUT2D eigenvalue weighted by molar-refractivity contribution is 5.96. The summed E-state index contributed by atoms with van der Waals surface area (Å²) in [6.07, 6.45) is 3.76. The van der Waals surface area contributed by atoms with Crippen molar-refractivity contribution in [3.8, 4) is 28.7 Å². The molecule has 2 bridgehead atoms. The number of hydrogen-bond acceptors (Lipinski definition) is 14. The Balaban J connectivity index is 0.808. The van der Waals surface area contributed by atoms with Gasteiger partial charge in [0.2, 0.25) is 23.6 Å². The monoisotopic (exact) mass is 1100 g/mol.